The van der Waals surface area contributed by atoms with E-state index < -0.39 is 0 Å². The number of carbonyl (C=O) groups excluding carboxylic acids is 2. The lowest BCUT2D eigenvalue weighted by Gasteiger charge is -2.17. The number of carbonyl (C=O) groups is 2. The van der Waals surface area contributed by atoms with Gasteiger partial charge >= 0.3 is 6.03 Å². The summed E-state index contributed by atoms with van der Waals surface area (Å²) in [7, 11) is 0. The predicted molar refractivity (Wildman–Crippen MR) is 79.3 cm³/mol. The van der Waals surface area contributed by atoms with Crippen LogP contribution in [0.2, 0.25) is 0 Å². The number of likely N-dealkylation sites (tertiary alicyclic amines) is 1. The molecule has 1 atom stereocenters. The van der Waals surface area contributed by atoms with Gasteiger partial charge in [-0.1, -0.05) is 12.8 Å². The molecule has 0 spiro atoms. The summed E-state index contributed by atoms with van der Waals surface area (Å²) in [4.78, 5) is 25.2. The number of nitrogens with two attached hydrogens (primary N) is 1. The third kappa shape index (κ3) is 6.23. The Labute approximate surface area is 121 Å². The second kappa shape index (κ2) is 9.58. The molecular weight excluding hydrogens is 256 g/mol. The standard InChI is InChI=1S/C14H28N4O2/c1-2-16-14(20)18-10-8-12(11-18)17-13(19)7-5-3-4-6-9-15/h12H,2-11,15H2,1H3,(H,16,20)(H,17,19). The molecule has 1 aliphatic heterocycles. The van der Waals surface area contributed by atoms with Gasteiger partial charge in [0, 0.05) is 32.1 Å². The van der Waals surface area contributed by atoms with Crippen LogP contribution in [-0.4, -0.2) is 49.1 Å². The van der Waals surface area contributed by atoms with E-state index in [0.717, 1.165) is 38.6 Å². The van der Waals surface area contributed by atoms with E-state index in [4.69, 9.17) is 5.73 Å². The molecule has 6 nitrogen and oxygen atoms in total. The molecule has 0 aromatic carbocycles. The third-order valence-electron chi connectivity index (χ3n) is 3.53. The first kappa shape index (κ1) is 16.8. The van der Waals surface area contributed by atoms with Gasteiger partial charge in [0.1, 0.15) is 0 Å². The van der Waals surface area contributed by atoms with Crippen molar-refractivity contribution in [3.63, 3.8) is 0 Å². The first-order valence-corrected chi connectivity index (χ1v) is 7.69. The van der Waals surface area contributed by atoms with E-state index >= 15 is 0 Å². The lowest BCUT2D eigenvalue weighted by molar-refractivity contribution is -0.121. The molecule has 0 aliphatic carbocycles. The first-order valence-electron chi connectivity index (χ1n) is 7.69. The maximum Gasteiger partial charge on any atom is 0.317 e. The minimum Gasteiger partial charge on any atom is -0.352 e. The van der Waals surface area contributed by atoms with Gasteiger partial charge in [-0.2, -0.15) is 0 Å². The summed E-state index contributed by atoms with van der Waals surface area (Å²) in [6, 6.07) is 0.0696. The minimum atomic E-state index is -0.0361. The molecule has 1 heterocycles. The Hall–Kier alpha value is -1.30. The minimum absolute atomic E-state index is 0.0361. The van der Waals surface area contributed by atoms with E-state index in [0.29, 0.717) is 26.1 Å². The lowest BCUT2D eigenvalue weighted by atomic mass is 10.1. The second-order valence-electron chi connectivity index (χ2n) is 5.29. The average Bonchev–Trinajstić information content (AvgIpc) is 2.87. The number of urea groups is 1. The van der Waals surface area contributed by atoms with Crippen LogP contribution in [-0.2, 0) is 4.79 Å². The van der Waals surface area contributed by atoms with Gasteiger partial charge in [0.2, 0.25) is 5.91 Å². The number of hydrogen-bond acceptors (Lipinski definition) is 3. The van der Waals surface area contributed by atoms with E-state index in [9.17, 15) is 9.59 Å². The Bertz CT molecular complexity index is 310. The molecule has 1 rings (SSSR count). The molecule has 0 radical (unpaired) electrons. The summed E-state index contributed by atoms with van der Waals surface area (Å²) >= 11 is 0. The van der Waals surface area contributed by atoms with Gasteiger partial charge < -0.3 is 21.3 Å². The summed E-state index contributed by atoms with van der Waals surface area (Å²) in [6.45, 7) is 4.59. The van der Waals surface area contributed by atoms with Crippen LogP contribution in [0.1, 0.15) is 45.4 Å². The highest BCUT2D eigenvalue weighted by Crippen LogP contribution is 2.10. The van der Waals surface area contributed by atoms with Crippen molar-refractivity contribution in [2.45, 2.75) is 51.5 Å². The molecule has 20 heavy (non-hydrogen) atoms. The molecule has 1 saturated heterocycles. The third-order valence-corrected chi connectivity index (χ3v) is 3.53. The maximum atomic E-state index is 11.8. The molecule has 6 heteroatoms. The lowest BCUT2D eigenvalue weighted by Crippen LogP contribution is -2.42. The van der Waals surface area contributed by atoms with Crippen LogP contribution in [0.4, 0.5) is 4.79 Å². The van der Waals surface area contributed by atoms with Crippen molar-refractivity contribution >= 4 is 11.9 Å². The van der Waals surface area contributed by atoms with Crippen LogP contribution in [0.5, 0.6) is 0 Å². The zero-order valence-corrected chi connectivity index (χ0v) is 12.5. The van der Waals surface area contributed by atoms with E-state index in [1.165, 1.54) is 0 Å². The topological polar surface area (TPSA) is 87.5 Å². The number of unbranched alkanes of at least 4 members (excludes halogenated alkanes) is 3. The molecule has 0 saturated carbocycles. The van der Waals surface area contributed by atoms with Crippen LogP contribution in [0, 0.1) is 0 Å². The summed E-state index contributed by atoms with van der Waals surface area (Å²) in [5.41, 5.74) is 5.42. The van der Waals surface area contributed by atoms with E-state index in [-0.39, 0.29) is 18.0 Å². The summed E-state index contributed by atoms with van der Waals surface area (Å²) in [5.74, 6) is 0.0977. The molecule has 0 aromatic rings. The molecule has 3 amide bonds. The van der Waals surface area contributed by atoms with Crippen molar-refractivity contribution in [2.75, 3.05) is 26.2 Å². The Morgan fingerprint density at radius 3 is 2.70 bits per heavy atom. The fourth-order valence-corrected chi connectivity index (χ4v) is 2.41. The normalized spacial score (nSPS) is 18.1. The van der Waals surface area contributed by atoms with Crippen LogP contribution >= 0.6 is 0 Å². The Balaban J connectivity index is 2.12. The molecule has 4 N–H and O–H groups in total. The largest absolute Gasteiger partial charge is 0.352 e. The summed E-state index contributed by atoms with van der Waals surface area (Å²) < 4.78 is 0. The number of rotatable bonds is 8. The highest BCUT2D eigenvalue weighted by Gasteiger charge is 2.26. The van der Waals surface area contributed by atoms with Crippen LogP contribution in [0.15, 0.2) is 0 Å². The van der Waals surface area contributed by atoms with E-state index in [1.807, 2.05) is 6.92 Å². The van der Waals surface area contributed by atoms with Crippen molar-refractivity contribution in [1.29, 1.82) is 0 Å². The molecule has 0 bridgehead atoms. The van der Waals surface area contributed by atoms with Crippen LogP contribution in [0.3, 0.4) is 0 Å². The van der Waals surface area contributed by atoms with Gasteiger partial charge in [-0.05, 0) is 32.7 Å². The summed E-state index contributed by atoms with van der Waals surface area (Å²) in [5, 5.41) is 5.79. The predicted octanol–water partition coefficient (Wildman–Crippen LogP) is 0.816. The number of hydrogen-bond donors (Lipinski definition) is 3. The monoisotopic (exact) mass is 284 g/mol. The molecule has 1 unspecified atom stereocenters. The van der Waals surface area contributed by atoms with E-state index in [2.05, 4.69) is 10.6 Å². The highest BCUT2D eigenvalue weighted by molar-refractivity contribution is 5.77. The number of nitrogens with zero attached hydrogens (tertiary/aromatic N) is 1. The van der Waals surface area contributed by atoms with Crippen molar-refractivity contribution in [1.82, 2.24) is 15.5 Å². The summed E-state index contributed by atoms with van der Waals surface area (Å²) in [6.07, 6.45) is 5.51. The molecule has 116 valence electrons. The van der Waals surface area contributed by atoms with Crippen molar-refractivity contribution in [3.05, 3.63) is 0 Å². The van der Waals surface area contributed by atoms with Gasteiger partial charge in [0.25, 0.3) is 0 Å². The molecule has 1 fully saturated rings. The molecule has 1 aliphatic rings. The molecular formula is C14H28N4O2. The average molecular weight is 284 g/mol. The fraction of sp³-hybridized carbons (Fsp3) is 0.857. The SMILES string of the molecule is CCNC(=O)N1CCC(NC(=O)CCCCCCN)C1. The van der Waals surface area contributed by atoms with Crippen molar-refractivity contribution < 1.29 is 9.59 Å². The number of nitrogens with one attached hydrogen (secondary N) is 2. The van der Waals surface area contributed by atoms with Gasteiger partial charge in [0.15, 0.2) is 0 Å². The Morgan fingerprint density at radius 1 is 1.25 bits per heavy atom. The quantitative estimate of drug-likeness (QED) is 0.577. The van der Waals surface area contributed by atoms with Gasteiger partial charge in [-0.3, -0.25) is 4.79 Å². The van der Waals surface area contributed by atoms with Gasteiger partial charge in [-0.25, -0.2) is 4.79 Å². The Kier molecular flexibility index (Phi) is 8.02. The molecule has 0 aromatic heterocycles. The van der Waals surface area contributed by atoms with Gasteiger partial charge in [0.05, 0.1) is 0 Å². The van der Waals surface area contributed by atoms with Crippen molar-refractivity contribution in [2.24, 2.45) is 5.73 Å². The fourth-order valence-electron chi connectivity index (χ4n) is 2.41. The second-order valence-corrected chi connectivity index (χ2v) is 5.29. The van der Waals surface area contributed by atoms with Crippen LogP contribution in [0.25, 0.3) is 0 Å². The first-order chi connectivity index (χ1) is 9.67. The zero-order valence-electron chi connectivity index (χ0n) is 12.5. The Morgan fingerprint density at radius 2 is 2.00 bits per heavy atom. The zero-order chi connectivity index (χ0) is 14.8. The van der Waals surface area contributed by atoms with E-state index in [1.54, 1.807) is 4.90 Å². The van der Waals surface area contributed by atoms with Gasteiger partial charge in [-0.15, -0.1) is 0 Å². The van der Waals surface area contributed by atoms with Crippen LogP contribution < -0.4 is 16.4 Å². The smallest absolute Gasteiger partial charge is 0.317 e. The number of amides is 3. The highest BCUT2D eigenvalue weighted by atomic mass is 16.2. The van der Waals surface area contributed by atoms with Crippen molar-refractivity contribution in [3.8, 4) is 0 Å². The maximum absolute atomic E-state index is 11.8.